The molecule has 0 radical (unpaired) electrons. The van der Waals surface area contributed by atoms with E-state index < -0.39 is 0 Å². The van der Waals surface area contributed by atoms with Crippen LogP contribution in [0.1, 0.15) is 0 Å². The molecule has 0 atom stereocenters. The molecule has 4 aromatic rings. The first-order valence-corrected chi connectivity index (χ1v) is 5.55. The highest BCUT2D eigenvalue weighted by Gasteiger charge is 2.00. The van der Waals surface area contributed by atoms with Crippen molar-refractivity contribution in [1.82, 2.24) is 39.9 Å². The van der Waals surface area contributed by atoms with Crippen LogP contribution in [0.2, 0.25) is 0 Å². The molecule has 0 aromatic carbocycles. The van der Waals surface area contributed by atoms with Gasteiger partial charge in [0.15, 0.2) is 22.9 Å². The molecule has 0 amide bonds. The fourth-order valence-electron chi connectivity index (χ4n) is 1.57. The summed E-state index contributed by atoms with van der Waals surface area (Å²) < 4.78 is 0. The van der Waals surface area contributed by atoms with Gasteiger partial charge in [0.2, 0.25) is 0 Å². The fourth-order valence-corrected chi connectivity index (χ4v) is 1.57. The number of H-pyrrole nitrogens is 2. The van der Waals surface area contributed by atoms with Gasteiger partial charge in [0.05, 0.1) is 12.7 Å². The number of aromatic nitrogens is 8. The van der Waals surface area contributed by atoms with Gasteiger partial charge < -0.3 is 26.9 Å². The summed E-state index contributed by atoms with van der Waals surface area (Å²) in [6.45, 7) is 0. The second kappa shape index (κ2) is 8.63. The number of nitrogens with zero attached hydrogens (tertiary/aromatic N) is 6. The molecule has 0 saturated carbocycles. The third-order valence-corrected chi connectivity index (χ3v) is 2.49. The molecular formula is C10H14Cl2N10O. The lowest BCUT2D eigenvalue weighted by molar-refractivity contribution is 0.824. The molecule has 0 fully saturated rings. The zero-order valence-corrected chi connectivity index (χ0v) is 13.1. The van der Waals surface area contributed by atoms with Crippen molar-refractivity contribution < 1.29 is 5.48 Å². The smallest absolute Gasteiger partial charge is 0.162 e. The standard InChI is InChI=1S/2C5H5N5.2ClH.H2O/c2*6-4-3-5(9-1-7-3)10-2-8-4;;;/h2*1-2H,(H3,6,7,8,9,10);2*1H;1H2. The third-order valence-electron chi connectivity index (χ3n) is 2.49. The molecule has 4 aromatic heterocycles. The van der Waals surface area contributed by atoms with Gasteiger partial charge in [0.1, 0.15) is 23.7 Å². The van der Waals surface area contributed by atoms with Gasteiger partial charge in [-0.15, -0.1) is 24.8 Å². The first-order chi connectivity index (χ1) is 9.75. The highest BCUT2D eigenvalue weighted by atomic mass is 35.5. The summed E-state index contributed by atoms with van der Waals surface area (Å²) in [6, 6.07) is 0. The monoisotopic (exact) mass is 360 g/mol. The fraction of sp³-hybridized carbons (Fsp3) is 0. The molecule has 124 valence electrons. The summed E-state index contributed by atoms with van der Waals surface area (Å²) in [7, 11) is 0. The molecule has 0 aliphatic heterocycles. The summed E-state index contributed by atoms with van der Waals surface area (Å²) in [6.07, 6.45) is 5.87. The second-order valence-corrected chi connectivity index (χ2v) is 3.72. The molecule has 0 unspecified atom stereocenters. The molecule has 0 aliphatic rings. The van der Waals surface area contributed by atoms with Crippen LogP contribution >= 0.6 is 24.8 Å². The molecule has 0 bridgehead atoms. The Hall–Kier alpha value is -2.76. The molecule has 0 aliphatic carbocycles. The SMILES string of the molecule is Cl.Cl.Nc1ncnc2[nH]cnc12.Nc1ncnc2[nH]cnc12.O. The van der Waals surface area contributed by atoms with Crippen LogP contribution in [-0.4, -0.2) is 45.3 Å². The van der Waals surface area contributed by atoms with E-state index in [4.69, 9.17) is 11.5 Å². The molecule has 4 heterocycles. The highest BCUT2D eigenvalue weighted by Crippen LogP contribution is 2.09. The number of imidazole rings is 2. The molecule has 23 heavy (non-hydrogen) atoms. The van der Waals surface area contributed by atoms with Crippen LogP contribution in [0, 0.1) is 0 Å². The van der Waals surface area contributed by atoms with Crippen LogP contribution in [0.3, 0.4) is 0 Å². The van der Waals surface area contributed by atoms with E-state index >= 15 is 0 Å². The number of fused-ring (bicyclic) bond motifs is 2. The predicted molar refractivity (Wildman–Crippen MR) is 90.3 cm³/mol. The van der Waals surface area contributed by atoms with Crippen molar-refractivity contribution in [2.45, 2.75) is 0 Å². The van der Waals surface area contributed by atoms with Crippen LogP contribution in [-0.2, 0) is 0 Å². The Labute approximate surface area is 141 Å². The lowest BCUT2D eigenvalue weighted by Crippen LogP contribution is -1.91. The van der Waals surface area contributed by atoms with E-state index in [0.29, 0.717) is 34.0 Å². The molecule has 11 nitrogen and oxygen atoms in total. The van der Waals surface area contributed by atoms with Crippen molar-refractivity contribution >= 4 is 58.8 Å². The number of rotatable bonds is 0. The van der Waals surface area contributed by atoms with E-state index in [2.05, 4.69) is 39.9 Å². The van der Waals surface area contributed by atoms with E-state index in [-0.39, 0.29) is 30.3 Å². The van der Waals surface area contributed by atoms with Crippen LogP contribution in [0.5, 0.6) is 0 Å². The normalized spacial score (nSPS) is 9.04. The number of hydrogen-bond acceptors (Lipinski definition) is 8. The Balaban J connectivity index is 0.000000372. The van der Waals surface area contributed by atoms with Crippen molar-refractivity contribution in [2.24, 2.45) is 0 Å². The zero-order valence-electron chi connectivity index (χ0n) is 11.5. The number of halogens is 2. The molecule has 8 N–H and O–H groups in total. The number of nitrogens with one attached hydrogen (secondary N) is 2. The first kappa shape index (κ1) is 20.2. The van der Waals surface area contributed by atoms with Crippen molar-refractivity contribution in [3.05, 3.63) is 25.3 Å². The third kappa shape index (κ3) is 4.12. The topological polar surface area (TPSA) is 192 Å². The van der Waals surface area contributed by atoms with Crippen LogP contribution in [0.25, 0.3) is 22.3 Å². The van der Waals surface area contributed by atoms with Crippen molar-refractivity contribution in [3.63, 3.8) is 0 Å². The van der Waals surface area contributed by atoms with Gasteiger partial charge in [-0.25, -0.2) is 29.9 Å². The number of nitrogens with two attached hydrogens (primary N) is 2. The molecule has 0 saturated heterocycles. The van der Waals surface area contributed by atoms with Gasteiger partial charge in [0, 0.05) is 0 Å². The van der Waals surface area contributed by atoms with Gasteiger partial charge in [-0.1, -0.05) is 0 Å². The van der Waals surface area contributed by atoms with E-state index in [1.807, 2.05) is 0 Å². The van der Waals surface area contributed by atoms with E-state index in [1.54, 1.807) is 0 Å². The Morgan fingerprint density at radius 2 is 1.04 bits per heavy atom. The Bertz CT molecular complexity index is 791. The first-order valence-electron chi connectivity index (χ1n) is 5.55. The number of anilines is 2. The lowest BCUT2D eigenvalue weighted by Gasteiger charge is -1.88. The summed E-state index contributed by atoms with van der Waals surface area (Å²) in [4.78, 5) is 28.8. The van der Waals surface area contributed by atoms with E-state index in [1.165, 1.54) is 25.3 Å². The predicted octanol–water partition coefficient (Wildman–Crippen LogP) is -0.111. The Morgan fingerprint density at radius 1 is 0.652 bits per heavy atom. The maximum Gasteiger partial charge on any atom is 0.162 e. The van der Waals surface area contributed by atoms with Crippen molar-refractivity contribution in [2.75, 3.05) is 11.5 Å². The van der Waals surface area contributed by atoms with Gasteiger partial charge in [-0.2, -0.15) is 0 Å². The van der Waals surface area contributed by atoms with Crippen molar-refractivity contribution in [3.8, 4) is 0 Å². The van der Waals surface area contributed by atoms with Gasteiger partial charge in [0.25, 0.3) is 0 Å². The maximum absolute atomic E-state index is 5.47. The summed E-state index contributed by atoms with van der Waals surface area (Å²) in [5.74, 6) is 0.817. The zero-order chi connectivity index (χ0) is 13.9. The van der Waals surface area contributed by atoms with Crippen molar-refractivity contribution in [1.29, 1.82) is 0 Å². The molecule has 13 heteroatoms. The highest BCUT2D eigenvalue weighted by molar-refractivity contribution is 5.85. The quantitative estimate of drug-likeness (QED) is 0.333. The van der Waals surface area contributed by atoms with Gasteiger partial charge >= 0.3 is 0 Å². The molecular weight excluding hydrogens is 347 g/mol. The molecule has 0 spiro atoms. The second-order valence-electron chi connectivity index (χ2n) is 3.72. The average molecular weight is 361 g/mol. The van der Waals surface area contributed by atoms with Crippen LogP contribution in [0.4, 0.5) is 11.6 Å². The summed E-state index contributed by atoms with van der Waals surface area (Å²) in [5.41, 5.74) is 13.5. The Kier molecular flexibility index (Phi) is 7.59. The summed E-state index contributed by atoms with van der Waals surface area (Å²) in [5, 5.41) is 0. The maximum atomic E-state index is 5.47. The lowest BCUT2D eigenvalue weighted by atomic mass is 10.5. The molecule has 4 rings (SSSR count). The minimum absolute atomic E-state index is 0. The van der Waals surface area contributed by atoms with E-state index in [9.17, 15) is 0 Å². The number of hydrogen-bond donors (Lipinski definition) is 4. The number of aromatic amines is 2. The van der Waals surface area contributed by atoms with Gasteiger partial charge in [-0.05, 0) is 0 Å². The van der Waals surface area contributed by atoms with Gasteiger partial charge in [-0.3, -0.25) is 0 Å². The van der Waals surface area contributed by atoms with E-state index in [0.717, 1.165) is 0 Å². The van der Waals surface area contributed by atoms with Crippen LogP contribution < -0.4 is 11.5 Å². The number of nitrogen functional groups attached to an aromatic ring is 2. The minimum Gasteiger partial charge on any atom is -0.412 e. The largest absolute Gasteiger partial charge is 0.412 e. The summed E-state index contributed by atoms with van der Waals surface area (Å²) >= 11 is 0. The Morgan fingerprint density at radius 3 is 1.39 bits per heavy atom. The minimum atomic E-state index is 0. The average Bonchev–Trinajstić information content (AvgIpc) is 3.08. The van der Waals surface area contributed by atoms with Crippen LogP contribution in [0.15, 0.2) is 25.3 Å².